The van der Waals surface area contributed by atoms with Crippen LogP contribution in [0.15, 0.2) is 36.4 Å². The van der Waals surface area contributed by atoms with Crippen LogP contribution >= 0.6 is 0 Å². The first-order valence-electron chi connectivity index (χ1n) is 11.4. The fraction of sp³-hybridized carbons (Fsp3) is 0.360. The van der Waals surface area contributed by atoms with E-state index in [4.69, 9.17) is 0 Å². The Morgan fingerprint density at radius 3 is 2.71 bits per heavy atom. The number of rotatable bonds is 4. The summed E-state index contributed by atoms with van der Waals surface area (Å²) in [7, 11) is 1.82. The van der Waals surface area contributed by atoms with E-state index in [0.29, 0.717) is 41.9 Å². The van der Waals surface area contributed by atoms with Crippen LogP contribution in [-0.2, 0) is 4.79 Å². The molecule has 2 saturated heterocycles. The maximum Gasteiger partial charge on any atom is 0.272 e. The van der Waals surface area contributed by atoms with E-state index < -0.39 is 17.5 Å². The van der Waals surface area contributed by atoms with Gasteiger partial charge in [-0.2, -0.15) is 0 Å². The molecular formula is C25H27F2N5O2. The molecule has 3 heterocycles. The van der Waals surface area contributed by atoms with Crippen molar-refractivity contribution in [1.29, 1.82) is 0 Å². The fourth-order valence-electron chi connectivity index (χ4n) is 4.84. The van der Waals surface area contributed by atoms with Gasteiger partial charge in [0.25, 0.3) is 5.91 Å². The number of carbonyl (C=O) groups excluding carboxylic acids is 2. The summed E-state index contributed by atoms with van der Waals surface area (Å²) < 4.78 is 28.6. The first kappa shape index (κ1) is 22.3. The zero-order chi connectivity index (χ0) is 24.0. The number of aryl methyl sites for hydroxylation is 1. The number of aromatic nitrogens is 1. The molecule has 2 N–H and O–H groups in total. The van der Waals surface area contributed by atoms with Crippen molar-refractivity contribution >= 4 is 34.1 Å². The number of likely N-dealkylation sites (N-methyl/N-ethyl adjacent to an activating group) is 1. The minimum atomic E-state index is -0.471. The summed E-state index contributed by atoms with van der Waals surface area (Å²) in [5.41, 5.74) is 2.60. The number of benzene rings is 2. The van der Waals surface area contributed by atoms with Crippen molar-refractivity contribution < 1.29 is 18.4 Å². The molecule has 0 bridgehead atoms. The van der Waals surface area contributed by atoms with Crippen molar-refractivity contribution in [3.63, 3.8) is 0 Å². The third kappa shape index (κ3) is 4.23. The van der Waals surface area contributed by atoms with Crippen LogP contribution < -0.4 is 10.2 Å². The van der Waals surface area contributed by atoms with Gasteiger partial charge in [-0.05, 0) is 49.2 Å². The maximum atomic E-state index is 14.5. The lowest BCUT2D eigenvalue weighted by Crippen LogP contribution is -2.52. The first-order chi connectivity index (χ1) is 16.3. The standard InChI is InChI=1S/C25H27F2N5O2/c1-15-3-4-21(27)20-12-22(29-24(15)20)25(34)28-17-9-16(26)10-19(11-17)31-6-5-18(13-31)32-8-7-30(2)23(33)14-32/h3-4,9-12,18,29H,5-8,13-14H2,1-2H3,(H,28,34)/t18-/m0/s1. The number of piperazine rings is 1. The zero-order valence-corrected chi connectivity index (χ0v) is 19.2. The molecule has 1 atom stereocenters. The molecule has 2 aromatic carbocycles. The Morgan fingerprint density at radius 1 is 1.12 bits per heavy atom. The van der Waals surface area contributed by atoms with Crippen LogP contribution in [-0.4, -0.2) is 72.4 Å². The van der Waals surface area contributed by atoms with Crippen molar-refractivity contribution in [3.05, 3.63) is 59.3 Å². The summed E-state index contributed by atoms with van der Waals surface area (Å²) in [6.45, 7) is 5.21. The van der Waals surface area contributed by atoms with Gasteiger partial charge >= 0.3 is 0 Å². The average molecular weight is 468 g/mol. The predicted molar refractivity (Wildman–Crippen MR) is 127 cm³/mol. The Morgan fingerprint density at radius 2 is 1.94 bits per heavy atom. The van der Waals surface area contributed by atoms with E-state index >= 15 is 0 Å². The highest BCUT2D eigenvalue weighted by atomic mass is 19.1. The molecule has 0 spiro atoms. The van der Waals surface area contributed by atoms with Crippen LogP contribution in [0.4, 0.5) is 20.2 Å². The molecule has 2 amide bonds. The van der Waals surface area contributed by atoms with Gasteiger partial charge in [0.05, 0.1) is 12.1 Å². The molecule has 2 fully saturated rings. The number of aromatic amines is 1. The van der Waals surface area contributed by atoms with Crippen molar-refractivity contribution in [2.24, 2.45) is 0 Å². The second-order valence-corrected chi connectivity index (χ2v) is 9.16. The molecule has 0 aliphatic carbocycles. The highest BCUT2D eigenvalue weighted by Gasteiger charge is 2.32. The molecule has 0 radical (unpaired) electrons. The molecule has 9 heteroatoms. The van der Waals surface area contributed by atoms with Gasteiger partial charge < -0.3 is 20.1 Å². The Bertz CT molecular complexity index is 1230. The number of hydrogen-bond donors (Lipinski definition) is 2. The Hall–Kier alpha value is -3.46. The van der Waals surface area contributed by atoms with E-state index in [1.54, 1.807) is 17.0 Å². The van der Waals surface area contributed by atoms with Crippen LogP contribution in [0.5, 0.6) is 0 Å². The smallest absolute Gasteiger partial charge is 0.272 e. The number of fused-ring (bicyclic) bond motifs is 1. The van der Waals surface area contributed by atoms with Gasteiger partial charge in [-0.25, -0.2) is 8.78 Å². The van der Waals surface area contributed by atoms with E-state index in [1.807, 2.05) is 14.0 Å². The van der Waals surface area contributed by atoms with Gasteiger partial charge in [0, 0.05) is 56.0 Å². The summed E-state index contributed by atoms with van der Waals surface area (Å²) in [6.07, 6.45) is 0.884. The van der Waals surface area contributed by atoms with Gasteiger partial charge in [-0.1, -0.05) is 6.07 Å². The molecule has 5 rings (SSSR count). The number of hydrogen-bond acceptors (Lipinski definition) is 4. The van der Waals surface area contributed by atoms with E-state index in [0.717, 1.165) is 25.1 Å². The van der Waals surface area contributed by atoms with Gasteiger partial charge in [0.2, 0.25) is 5.91 Å². The monoisotopic (exact) mass is 467 g/mol. The molecule has 7 nitrogen and oxygen atoms in total. The van der Waals surface area contributed by atoms with Crippen LogP contribution in [0, 0.1) is 18.6 Å². The van der Waals surface area contributed by atoms with E-state index in [2.05, 4.69) is 20.1 Å². The number of halogens is 2. The second kappa shape index (κ2) is 8.72. The number of nitrogens with one attached hydrogen (secondary N) is 2. The Labute approximate surface area is 196 Å². The highest BCUT2D eigenvalue weighted by Crippen LogP contribution is 2.28. The summed E-state index contributed by atoms with van der Waals surface area (Å²) in [6, 6.07) is 9.17. The lowest BCUT2D eigenvalue weighted by molar-refractivity contribution is -0.135. The maximum absolute atomic E-state index is 14.5. The number of anilines is 2. The number of amides is 2. The lowest BCUT2D eigenvalue weighted by Gasteiger charge is -2.35. The zero-order valence-electron chi connectivity index (χ0n) is 19.2. The summed E-state index contributed by atoms with van der Waals surface area (Å²) in [5, 5.41) is 3.07. The molecule has 2 aliphatic heterocycles. The molecule has 3 aromatic rings. The first-order valence-corrected chi connectivity index (χ1v) is 11.4. The van der Waals surface area contributed by atoms with Gasteiger partial charge in [0.1, 0.15) is 17.3 Å². The molecule has 1 aromatic heterocycles. The third-order valence-electron chi connectivity index (χ3n) is 6.87. The molecule has 34 heavy (non-hydrogen) atoms. The van der Waals surface area contributed by atoms with E-state index in [9.17, 15) is 18.4 Å². The molecule has 0 unspecified atom stereocenters. The molecule has 178 valence electrons. The lowest BCUT2D eigenvalue weighted by atomic mass is 10.1. The average Bonchev–Trinajstić information content (AvgIpc) is 3.47. The summed E-state index contributed by atoms with van der Waals surface area (Å²) >= 11 is 0. The minimum Gasteiger partial charge on any atom is -0.370 e. The number of H-pyrrole nitrogens is 1. The van der Waals surface area contributed by atoms with Crippen LogP contribution in [0.2, 0.25) is 0 Å². The van der Waals surface area contributed by atoms with Gasteiger partial charge in [-0.3, -0.25) is 14.5 Å². The topological polar surface area (TPSA) is 71.7 Å². The quantitative estimate of drug-likeness (QED) is 0.617. The Balaban J connectivity index is 1.31. The van der Waals surface area contributed by atoms with E-state index in [1.165, 1.54) is 24.3 Å². The SMILES string of the molecule is Cc1ccc(F)c2cc(C(=O)Nc3cc(F)cc(N4CC[C@H](N5CCN(C)C(=O)C5)C4)c3)[nH]c12. The van der Waals surface area contributed by atoms with Gasteiger partial charge in [0.15, 0.2) is 0 Å². The van der Waals surface area contributed by atoms with Crippen molar-refractivity contribution in [2.75, 3.05) is 50.0 Å². The van der Waals surface area contributed by atoms with Crippen molar-refractivity contribution in [3.8, 4) is 0 Å². The van der Waals surface area contributed by atoms with Crippen LogP contribution in [0.25, 0.3) is 10.9 Å². The second-order valence-electron chi connectivity index (χ2n) is 9.16. The highest BCUT2D eigenvalue weighted by molar-refractivity contribution is 6.06. The summed E-state index contributed by atoms with van der Waals surface area (Å²) in [5.74, 6) is -1.21. The predicted octanol–water partition coefficient (Wildman–Crippen LogP) is 3.36. The third-order valence-corrected chi connectivity index (χ3v) is 6.87. The van der Waals surface area contributed by atoms with Gasteiger partial charge in [-0.15, -0.1) is 0 Å². The molecule has 0 saturated carbocycles. The normalized spacial score (nSPS) is 19.3. The molecule has 2 aliphatic rings. The van der Waals surface area contributed by atoms with E-state index in [-0.39, 0.29) is 17.6 Å². The van der Waals surface area contributed by atoms with Crippen molar-refractivity contribution in [2.45, 2.75) is 19.4 Å². The molecular weight excluding hydrogens is 440 g/mol. The largest absolute Gasteiger partial charge is 0.370 e. The fourth-order valence-corrected chi connectivity index (χ4v) is 4.84. The Kier molecular flexibility index (Phi) is 5.73. The van der Waals surface area contributed by atoms with Crippen LogP contribution in [0.3, 0.4) is 0 Å². The summed E-state index contributed by atoms with van der Waals surface area (Å²) in [4.78, 5) is 33.9. The van der Waals surface area contributed by atoms with Crippen molar-refractivity contribution in [1.82, 2.24) is 14.8 Å². The minimum absolute atomic E-state index is 0.118. The van der Waals surface area contributed by atoms with Crippen LogP contribution in [0.1, 0.15) is 22.5 Å². The number of carbonyl (C=O) groups is 2. The number of nitrogens with zero attached hydrogens (tertiary/aromatic N) is 3.